The molecule has 4 saturated heterocycles. The molecule has 0 bridgehead atoms. The lowest BCUT2D eigenvalue weighted by molar-refractivity contribution is 0.508. The number of rotatable bonds is 20. The molecule has 0 aromatic heterocycles. The normalized spacial score (nSPS) is 29.9. The van der Waals surface area contributed by atoms with Crippen LogP contribution in [0.4, 0.5) is 0 Å². The molecule has 8 aromatic rings. The van der Waals surface area contributed by atoms with Crippen molar-refractivity contribution < 1.29 is 0 Å². The van der Waals surface area contributed by atoms with Crippen molar-refractivity contribution in [1.29, 1.82) is 0 Å². The molecule has 0 N–H and O–H groups in total. The van der Waals surface area contributed by atoms with Crippen LogP contribution in [0.3, 0.4) is 0 Å². The summed E-state index contributed by atoms with van der Waals surface area (Å²) in [6, 6.07) is 74.9. The minimum absolute atomic E-state index is 0.156. The van der Waals surface area contributed by atoms with E-state index in [1.807, 2.05) is 0 Å². The predicted octanol–water partition coefficient (Wildman–Crippen LogP) is 38.7. The van der Waals surface area contributed by atoms with Crippen LogP contribution in [0.15, 0.2) is 219 Å². The average Bonchev–Trinajstić information content (AvgIpc) is 1.62. The van der Waals surface area contributed by atoms with E-state index in [0.29, 0.717) is 17.8 Å². The lowest BCUT2D eigenvalue weighted by Gasteiger charge is -2.46. The standard InChI is InChI=1S/C34H48Si.C32H44Si.C31H42Si.C30H40Si/c1-7-24(2)23-35(20-11-8-12-21-35)33-25(3)22-31-27(16-13-17-30(31)33)28-18-19-32(34(4,5)6)29-15-10-9-14-26(28)29;1-6-22(2)21-33(17-8-7-9-18-33)32-25(5)20-31-27(11-10-12-29(31)32)28-16-14-24(4)26-15-13-23(3)19-30(26)28;1-5-22(2)21-32(18-9-6-10-19-32)31-24(4)20-30-27(14-11-15-29(30)31)28-17-16-23(3)25-12-7-8-13-26(25)28;1-4-22(2)21-31(18-8-5-9-19-31)30-23(3)20-29-27(16-11-17-28(29)30)26-15-10-13-24-12-6-7-14-25(24)26/h9-10,13-19,24-25,30-31,33H,7-8,11-12,20-23H2,1-6H3;10-16,19,22,25,29,31-32H,6-9,17-18,20-21H2,1-5H3;7-8,11-17,22,24,29-31H,5-6,9-10,18-21H2,1-4H3;6-7,10-17,22-23,28-30H,4-5,8-9,18-21H2,1-3H3. The second-order valence-electron chi connectivity index (χ2n) is 48.2. The Kier molecular flexibility index (Phi) is 30.5. The zero-order valence-corrected chi connectivity index (χ0v) is 89.5. The number of fused-ring (bicyclic) bond motifs is 8. The molecule has 0 nitrogen and oxygen atoms in total. The number of allylic oxidation sites excluding steroid dienone is 16. The molecule has 20 unspecified atom stereocenters. The van der Waals surface area contributed by atoms with Crippen molar-refractivity contribution in [2.24, 2.45) is 94.7 Å². The first-order valence-corrected chi connectivity index (χ1v) is 65.7. The van der Waals surface area contributed by atoms with E-state index in [2.05, 4.69) is 343 Å². The Hall–Kier alpha value is -6.41. The molecule has 8 aromatic carbocycles. The molecule has 0 spiro atoms. The molecule has 4 aliphatic heterocycles. The average molecular weight is 1810 g/mol. The van der Waals surface area contributed by atoms with Gasteiger partial charge >= 0.3 is 0 Å². The number of benzene rings is 8. The highest BCUT2D eigenvalue weighted by Gasteiger charge is 2.59. The van der Waals surface area contributed by atoms with Crippen LogP contribution in [-0.2, 0) is 5.41 Å². The van der Waals surface area contributed by atoms with E-state index in [0.717, 1.165) is 99.1 Å². The molecular formula is C127H174Si4. The van der Waals surface area contributed by atoms with Crippen molar-refractivity contribution in [2.75, 3.05) is 0 Å². The predicted molar refractivity (Wildman–Crippen MR) is 589 cm³/mol. The fourth-order valence-electron chi connectivity index (χ4n) is 32.9. The summed E-state index contributed by atoms with van der Waals surface area (Å²) in [4.78, 5) is 0. The lowest BCUT2D eigenvalue weighted by atomic mass is 9.77. The maximum atomic E-state index is 2.66. The van der Waals surface area contributed by atoms with Crippen LogP contribution in [0.25, 0.3) is 65.4 Å². The lowest BCUT2D eigenvalue weighted by Crippen LogP contribution is -2.46. The van der Waals surface area contributed by atoms with Gasteiger partial charge in [-0.05, 0) is 273 Å². The second-order valence-corrected chi connectivity index (χ2v) is 67.4. The van der Waals surface area contributed by atoms with Gasteiger partial charge in [-0.1, -0.05) is 503 Å². The van der Waals surface area contributed by atoms with Crippen LogP contribution in [0.1, 0.15) is 277 Å². The third kappa shape index (κ3) is 19.4. The van der Waals surface area contributed by atoms with E-state index in [1.54, 1.807) is 94.8 Å². The van der Waals surface area contributed by atoms with Crippen LogP contribution in [0.2, 0.25) is 94.7 Å². The summed E-state index contributed by atoms with van der Waals surface area (Å²) in [5.41, 5.74) is 22.3. The van der Waals surface area contributed by atoms with Crippen molar-refractivity contribution >= 4 is 97.7 Å². The minimum Gasteiger partial charge on any atom is -0.0808 e. The fraction of sp³-hybridized carbons (Fsp3) is 0.559. The zero-order valence-electron chi connectivity index (χ0n) is 85.5. The molecule has 4 saturated carbocycles. The molecule has 8 fully saturated rings. The van der Waals surface area contributed by atoms with Crippen LogP contribution in [0, 0.1) is 115 Å². The largest absolute Gasteiger partial charge is 0.0808 e. The molecule has 131 heavy (non-hydrogen) atoms. The van der Waals surface area contributed by atoms with Gasteiger partial charge in [0.25, 0.3) is 0 Å². The van der Waals surface area contributed by atoms with Crippen molar-refractivity contribution in [3.8, 4) is 0 Å². The molecule has 0 amide bonds. The molecule has 4 heterocycles. The van der Waals surface area contributed by atoms with E-state index in [-0.39, 0.29) is 5.41 Å². The maximum Gasteiger partial charge on any atom is 0.0578 e. The Bertz CT molecular complexity index is 5530. The molecule has 8 aliphatic carbocycles. The number of aryl methyl sites for hydroxylation is 3. The number of hydrogen-bond acceptors (Lipinski definition) is 0. The van der Waals surface area contributed by atoms with Crippen molar-refractivity contribution in [3.05, 3.63) is 263 Å². The number of hydrogen-bond donors (Lipinski definition) is 0. The van der Waals surface area contributed by atoms with Gasteiger partial charge in [-0.15, -0.1) is 0 Å². The van der Waals surface area contributed by atoms with E-state index in [4.69, 9.17) is 0 Å². The van der Waals surface area contributed by atoms with Gasteiger partial charge < -0.3 is 0 Å². The van der Waals surface area contributed by atoms with Crippen molar-refractivity contribution in [1.82, 2.24) is 0 Å². The first-order chi connectivity index (χ1) is 63.3. The van der Waals surface area contributed by atoms with Crippen LogP contribution in [-0.4, -0.2) is 32.3 Å². The summed E-state index contributed by atoms with van der Waals surface area (Å²) in [7, 11) is -5.13. The Balaban J connectivity index is 0.000000122. The highest BCUT2D eigenvalue weighted by Crippen LogP contribution is 2.67. The van der Waals surface area contributed by atoms with E-state index in [1.165, 1.54) is 216 Å². The summed E-state index contributed by atoms with van der Waals surface area (Å²) < 4.78 is 0. The molecule has 12 aliphatic rings. The third-order valence-electron chi connectivity index (χ3n) is 38.8. The maximum absolute atomic E-state index is 2.66. The van der Waals surface area contributed by atoms with Gasteiger partial charge in [-0.25, -0.2) is 0 Å². The second kappa shape index (κ2) is 41.5. The van der Waals surface area contributed by atoms with Crippen molar-refractivity contribution in [3.63, 3.8) is 0 Å². The molecule has 0 radical (unpaired) electrons. The first kappa shape index (κ1) is 96.3. The third-order valence-corrected chi connectivity index (χ3v) is 65.1. The zero-order chi connectivity index (χ0) is 91.7. The fourth-order valence-corrected chi connectivity index (χ4v) is 63.6. The van der Waals surface area contributed by atoms with Crippen LogP contribution < -0.4 is 0 Å². The van der Waals surface area contributed by atoms with E-state index >= 15 is 0 Å². The smallest absolute Gasteiger partial charge is 0.0578 e. The summed E-state index contributed by atoms with van der Waals surface area (Å²) in [5.74, 6) is 13.1. The monoisotopic (exact) mass is 1810 g/mol. The van der Waals surface area contributed by atoms with Gasteiger partial charge in [0.1, 0.15) is 0 Å². The van der Waals surface area contributed by atoms with Gasteiger partial charge in [0.2, 0.25) is 0 Å². The molecule has 698 valence electrons. The Morgan fingerprint density at radius 2 is 0.588 bits per heavy atom. The van der Waals surface area contributed by atoms with E-state index in [9.17, 15) is 0 Å². The summed E-state index contributed by atoms with van der Waals surface area (Å²) in [6.07, 6.45) is 59.3. The summed E-state index contributed by atoms with van der Waals surface area (Å²) in [5, 5.41) is 11.5. The topological polar surface area (TPSA) is 0 Å². The Morgan fingerprint density at radius 1 is 0.298 bits per heavy atom. The first-order valence-electron chi connectivity index (χ1n) is 54.9. The van der Waals surface area contributed by atoms with Gasteiger partial charge in [-0.3, -0.25) is 0 Å². The highest BCUT2D eigenvalue weighted by atomic mass is 28.3. The Morgan fingerprint density at radius 3 is 0.939 bits per heavy atom. The van der Waals surface area contributed by atoms with E-state index < -0.39 is 32.3 Å². The molecule has 4 heteroatoms. The van der Waals surface area contributed by atoms with Crippen LogP contribution in [0.5, 0.6) is 0 Å². The van der Waals surface area contributed by atoms with Gasteiger partial charge in [0.05, 0.1) is 32.3 Å². The quantitative estimate of drug-likeness (QED) is 0.0667. The molecular weight excluding hydrogens is 1640 g/mol. The molecule has 20 atom stereocenters. The minimum atomic E-state index is -1.30. The highest BCUT2D eigenvalue weighted by molar-refractivity contribution is 6.83. The molecule has 20 rings (SSSR count). The van der Waals surface area contributed by atoms with Gasteiger partial charge in [0, 0.05) is 0 Å². The SMILES string of the molecule is CCC(C)C[Si]1(C2C(C)CC3C(c4ccc(C(C)(C)C)c5ccccc45)=CC=CC32)CCCCC1.CCC(C)C[Si]1(C2C(C)CC3C(c4ccc(C)c5ccc(C)cc45)=CC=CC32)CCCCC1.CCC(C)C[Si]1(C2C(C)CC3C(c4ccc(C)c5ccccc45)=CC=CC32)CCCCC1.CCC(C)C[Si]1(C2C(C)CC3C(c4cccc5ccccc45)=CC=CC32)CCCCC1. The van der Waals surface area contributed by atoms with Crippen molar-refractivity contribution in [2.45, 2.75) is 353 Å². The summed E-state index contributed by atoms with van der Waals surface area (Å²) >= 11 is 0. The Labute approximate surface area is 802 Å². The van der Waals surface area contributed by atoms with Gasteiger partial charge in [-0.2, -0.15) is 0 Å². The van der Waals surface area contributed by atoms with Gasteiger partial charge in [0.15, 0.2) is 0 Å². The van der Waals surface area contributed by atoms with Crippen LogP contribution >= 0.6 is 0 Å². The summed E-state index contributed by atoms with van der Waals surface area (Å²) in [6.45, 7) is 44.2.